The molecule has 0 aliphatic carbocycles. The number of amides is 1. The Balaban J connectivity index is 1.34. The Hall–Kier alpha value is -3.96. The molecule has 1 amide bonds. The minimum atomic E-state index is 0.0579. The van der Waals surface area contributed by atoms with Crippen LogP contribution in [0.15, 0.2) is 96.1 Å². The number of morpholine rings is 1. The molecule has 1 fully saturated rings. The van der Waals surface area contributed by atoms with Crippen LogP contribution in [0.5, 0.6) is 0 Å². The van der Waals surface area contributed by atoms with Crippen molar-refractivity contribution in [3.05, 3.63) is 113 Å². The van der Waals surface area contributed by atoms with Gasteiger partial charge in [-0.15, -0.1) is 0 Å². The van der Waals surface area contributed by atoms with Gasteiger partial charge in [0.25, 0.3) is 5.91 Å². The van der Waals surface area contributed by atoms with Gasteiger partial charge >= 0.3 is 0 Å². The lowest BCUT2D eigenvalue weighted by Gasteiger charge is -2.27. The first-order valence-electron chi connectivity index (χ1n) is 13.1. The van der Waals surface area contributed by atoms with Crippen LogP contribution in [0, 0.1) is 0 Å². The maximum Gasteiger partial charge on any atom is 0.254 e. The molecule has 0 saturated carbocycles. The Bertz CT molecular complexity index is 1440. The Labute approximate surface area is 218 Å². The molecule has 0 N–H and O–H groups in total. The van der Waals surface area contributed by atoms with E-state index < -0.39 is 0 Å². The normalized spacial score (nSPS) is 17.8. The summed E-state index contributed by atoms with van der Waals surface area (Å²) in [7, 11) is 0. The van der Waals surface area contributed by atoms with Crippen LogP contribution in [0.25, 0.3) is 10.8 Å². The average molecular weight is 490 g/mol. The van der Waals surface area contributed by atoms with Gasteiger partial charge in [0.05, 0.1) is 30.7 Å². The summed E-state index contributed by atoms with van der Waals surface area (Å²) in [5.74, 6) is 0.0579. The van der Waals surface area contributed by atoms with Crippen molar-refractivity contribution in [2.45, 2.75) is 25.8 Å². The van der Waals surface area contributed by atoms with Gasteiger partial charge in [-0.1, -0.05) is 67.6 Å². The molecule has 5 heteroatoms. The fourth-order valence-corrected chi connectivity index (χ4v) is 5.24. The molecular weight excluding hydrogens is 458 g/mol. The molecule has 0 bridgehead atoms. The van der Waals surface area contributed by atoms with E-state index >= 15 is 0 Å². The highest BCUT2D eigenvalue weighted by atomic mass is 16.5. The summed E-state index contributed by atoms with van der Waals surface area (Å²) in [4.78, 5) is 14.8. The van der Waals surface area contributed by atoms with Crippen molar-refractivity contribution in [2.75, 3.05) is 31.3 Å². The lowest BCUT2D eigenvalue weighted by Crippen LogP contribution is -2.40. The molecule has 37 heavy (non-hydrogen) atoms. The van der Waals surface area contributed by atoms with Crippen LogP contribution in [0.2, 0.25) is 0 Å². The number of hydrazone groups is 1. The number of fused-ring (bicyclic) bond motifs is 1. The second-order valence-corrected chi connectivity index (χ2v) is 9.72. The quantitative estimate of drug-likeness (QED) is 0.334. The van der Waals surface area contributed by atoms with Gasteiger partial charge in [-0.3, -0.25) is 9.80 Å². The second-order valence-electron chi connectivity index (χ2n) is 9.72. The van der Waals surface area contributed by atoms with Gasteiger partial charge < -0.3 is 9.64 Å². The molecule has 1 atom stereocenters. The summed E-state index contributed by atoms with van der Waals surface area (Å²) in [5.41, 5.74) is 6.48. The van der Waals surface area contributed by atoms with Crippen molar-refractivity contribution in [2.24, 2.45) is 5.10 Å². The summed E-state index contributed by atoms with van der Waals surface area (Å²) in [5, 5.41) is 9.71. The standard InChI is InChI=1S/C32H31N3O2/c1-2-23-7-9-25(10-8-23)30-22-31(28-12-11-24-5-3-4-6-27(24)21-28)35(33-30)29-15-13-26(14-16-29)32(36)34-17-19-37-20-18-34/h3-16,21,31H,2,17-20,22H2,1H3. The number of carbonyl (C=O) groups is 1. The number of benzene rings is 4. The van der Waals surface area contributed by atoms with Crippen LogP contribution < -0.4 is 5.01 Å². The molecule has 1 saturated heterocycles. The summed E-state index contributed by atoms with van der Waals surface area (Å²) >= 11 is 0. The number of rotatable bonds is 5. The molecule has 5 nitrogen and oxygen atoms in total. The molecule has 6 rings (SSSR count). The topological polar surface area (TPSA) is 45.1 Å². The summed E-state index contributed by atoms with van der Waals surface area (Å²) in [6, 6.07) is 31.9. The lowest BCUT2D eigenvalue weighted by molar-refractivity contribution is 0.0303. The van der Waals surface area contributed by atoms with Crippen molar-refractivity contribution in [1.82, 2.24) is 4.90 Å². The highest BCUT2D eigenvalue weighted by Gasteiger charge is 2.30. The summed E-state index contributed by atoms with van der Waals surface area (Å²) < 4.78 is 5.40. The van der Waals surface area contributed by atoms with E-state index in [1.54, 1.807) is 0 Å². The number of hydrogen-bond donors (Lipinski definition) is 0. The van der Waals surface area contributed by atoms with Crippen LogP contribution in [0.1, 0.15) is 46.4 Å². The van der Waals surface area contributed by atoms with Crippen molar-refractivity contribution < 1.29 is 9.53 Å². The van der Waals surface area contributed by atoms with Gasteiger partial charge in [-0.25, -0.2) is 0 Å². The highest BCUT2D eigenvalue weighted by Crippen LogP contribution is 2.38. The van der Waals surface area contributed by atoms with Crippen LogP contribution in [0.3, 0.4) is 0 Å². The Morgan fingerprint density at radius 1 is 0.892 bits per heavy atom. The van der Waals surface area contributed by atoms with Crippen LogP contribution in [-0.4, -0.2) is 42.8 Å². The maximum absolute atomic E-state index is 13.0. The smallest absolute Gasteiger partial charge is 0.254 e. The fourth-order valence-electron chi connectivity index (χ4n) is 5.24. The molecule has 0 aromatic heterocycles. The molecule has 4 aromatic rings. The van der Waals surface area contributed by atoms with Gasteiger partial charge in [0, 0.05) is 25.1 Å². The van der Waals surface area contributed by atoms with Crippen molar-refractivity contribution in [1.29, 1.82) is 0 Å². The van der Waals surface area contributed by atoms with Gasteiger partial charge in [0.15, 0.2) is 0 Å². The third kappa shape index (κ3) is 4.75. The largest absolute Gasteiger partial charge is 0.378 e. The zero-order valence-electron chi connectivity index (χ0n) is 21.1. The van der Waals surface area contributed by atoms with Gasteiger partial charge in [-0.2, -0.15) is 5.10 Å². The fraction of sp³-hybridized carbons (Fsp3) is 0.250. The lowest BCUT2D eigenvalue weighted by atomic mass is 9.95. The molecule has 2 heterocycles. The Morgan fingerprint density at radius 3 is 2.35 bits per heavy atom. The molecule has 2 aliphatic heterocycles. The second kappa shape index (κ2) is 10.2. The van der Waals surface area contributed by atoms with E-state index in [0.29, 0.717) is 31.9 Å². The van der Waals surface area contributed by atoms with E-state index in [9.17, 15) is 4.79 Å². The summed E-state index contributed by atoms with van der Waals surface area (Å²) in [6.07, 6.45) is 1.84. The number of nitrogens with zero attached hydrogens (tertiary/aromatic N) is 3. The molecule has 1 unspecified atom stereocenters. The van der Waals surface area contributed by atoms with Crippen molar-refractivity contribution in [3.63, 3.8) is 0 Å². The van der Waals surface area contributed by atoms with Gasteiger partial charge in [-0.05, 0) is 64.2 Å². The van der Waals surface area contributed by atoms with E-state index in [1.165, 1.54) is 21.9 Å². The molecule has 2 aliphatic rings. The van der Waals surface area contributed by atoms with Crippen LogP contribution in [-0.2, 0) is 11.2 Å². The SMILES string of the molecule is CCc1ccc(C2=NN(c3ccc(C(=O)N4CCOCC4)cc3)C(c3ccc4ccccc4c3)C2)cc1. The first kappa shape index (κ1) is 23.4. The van der Waals surface area contributed by atoms with Crippen molar-refractivity contribution >= 4 is 28.1 Å². The highest BCUT2D eigenvalue weighted by molar-refractivity contribution is 6.03. The third-order valence-electron chi connectivity index (χ3n) is 7.44. The van der Waals surface area contributed by atoms with E-state index in [0.717, 1.165) is 29.8 Å². The Morgan fingerprint density at radius 2 is 1.62 bits per heavy atom. The van der Waals surface area contributed by atoms with Crippen molar-refractivity contribution in [3.8, 4) is 0 Å². The van der Waals surface area contributed by atoms with E-state index in [-0.39, 0.29) is 11.9 Å². The monoisotopic (exact) mass is 489 g/mol. The minimum Gasteiger partial charge on any atom is -0.378 e. The predicted octanol–water partition coefficient (Wildman–Crippen LogP) is 6.23. The van der Waals surface area contributed by atoms with E-state index in [1.807, 2.05) is 29.2 Å². The number of hydrogen-bond acceptors (Lipinski definition) is 4. The molecular formula is C32H31N3O2. The number of carbonyl (C=O) groups excluding carboxylic acids is 1. The number of aryl methyl sites for hydroxylation is 1. The molecule has 4 aromatic carbocycles. The molecule has 0 radical (unpaired) electrons. The predicted molar refractivity (Wildman–Crippen MR) is 149 cm³/mol. The third-order valence-corrected chi connectivity index (χ3v) is 7.44. The zero-order valence-corrected chi connectivity index (χ0v) is 21.1. The first-order chi connectivity index (χ1) is 18.2. The number of ether oxygens (including phenoxy) is 1. The molecule has 0 spiro atoms. The van der Waals surface area contributed by atoms with Gasteiger partial charge in [0.1, 0.15) is 0 Å². The molecule has 186 valence electrons. The van der Waals surface area contributed by atoms with Crippen LogP contribution in [0.4, 0.5) is 5.69 Å². The average Bonchev–Trinajstić information content (AvgIpc) is 3.43. The van der Waals surface area contributed by atoms with E-state index in [4.69, 9.17) is 9.84 Å². The first-order valence-corrected chi connectivity index (χ1v) is 13.1. The number of anilines is 1. The summed E-state index contributed by atoms with van der Waals surface area (Å²) in [6.45, 7) is 4.65. The van der Waals surface area contributed by atoms with Gasteiger partial charge in [0.2, 0.25) is 0 Å². The van der Waals surface area contributed by atoms with Crippen LogP contribution >= 0.6 is 0 Å². The Kier molecular flexibility index (Phi) is 6.46. The minimum absolute atomic E-state index is 0.0579. The maximum atomic E-state index is 13.0. The zero-order chi connectivity index (χ0) is 25.2. The van der Waals surface area contributed by atoms with E-state index in [2.05, 4.69) is 78.7 Å².